The summed E-state index contributed by atoms with van der Waals surface area (Å²) in [5.74, 6) is 2.08. The first-order valence-electron chi connectivity index (χ1n) is 7.82. The Morgan fingerprint density at radius 1 is 1.24 bits per heavy atom. The number of aromatic nitrogens is 1. The molecule has 5 nitrogen and oxygen atoms in total. The molecule has 5 rings (SSSR count). The summed E-state index contributed by atoms with van der Waals surface area (Å²) in [6.45, 7) is 1.68. The van der Waals surface area contributed by atoms with Gasteiger partial charge in [0.05, 0.1) is 11.3 Å². The van der Waals surface area contributed by atoms with Gasteiger partial charge in [0, 0.05) is 5.54 Å². The first kappa shape index (κ1) is 13.0. The highest BCUT2D eigenvalue weighted by Gasteiger charge is 2.51. The molecular weight excluding hydrogens is 268 g/mol. The SMILES string of the molecule is Cc1noc(C(=O)NC23CC4CC(CC(C4)C2)C3)c1C=O. The largest absolute Gasteiger partial charge is 0.350 e. The van der Waals surface area contributed by atoms with E-state index in [0.29, 0.717) is 12.0 Å². The lowest BCUT2D eigenvalue weighted by Crippen LogP contribution is -2.59. The van der Waals surface area contributed by atoms with E-state index < -0.39 is 0 Å². The first-order valence-corrected chi connectivity index (χ1v) is 7.82. The molecule has 4 aliphatic carbocycles. The molecule has 1 N–H and O–H groups in total. The van der Waals surface area contributed by atoms with Crippen LogP contribution in [0.2, 0.25) is 0 Å². The van der Waals surface area contributed by atoms with Crippen molar-refractivity contribution in [2.45, 2.75) is 51.0 Å². The van der Waals surface area contributed by atoms with Crippen LogP contribution in [0.25, 0.3) is 0 Å². The lowest BCUT2D eigenvalue weighted by molar-refractivity contribution is -0.0172. The van der Waals surface area contributed by atoms with E-state index in [2.05, 4.69) is 10.5 Å². The van der Waals surface area contributed by atoms with Crippen molar-refractivity contribution < 1.29 is 14.1 Å². The number of aryl methyl sites for hydroxylation is 1. The summed E-state index contributed by atoms with van der Waals surface area (Å²) in [7, 11) is 0. The Labute approximate surface area is 123 Å². The normalized spacial score (nSPS) is 36.7. The summed E-state index contributed by atoms with van der Waals surface area (Å²) in [4.78, 5) is 23.6. The summed E-state index contributed by atoms with van der Waals surface area (Å²) < 4.78 is 5.07. The Morgan fingerprint density at radius 2 is 1.81 bits per heavy atom. The van der Waals surface area contributed by atoms with E-state index in [9.17, 15) is 9.59 Å². The second kappa shape index (κ2) is 4.42. The van der Waals surface area contributed by atoms with Gasteiger partial charge in [-0.3, -0.25) is 9.59 Å². The molecule has 0 atom stereocenters. The second-order valence-corrected chi connectivity index (χ2v) is 7.28. The Kier molecular flexibility index (Phi) is 2.75. The smallest absolute Gasteiger partial charge is 0.291 e. The zero-order valence-corrected chi connectivity index (χ0v) is 12.2. The van der Waals surface area contributed by atoms with Crippen LogP contribution in [0, 0.1) is 24.7 Å². The van der Waals surface area contributed by atoms with Crippen molar-refractivity contribution in [1.29, 1.82) is 0 Å². The second-order valence-electron chi connectivity index (χ2n) is 7.28. The van der Waals surface area contributed by atoms with Gasteiger partial charge in [-0.2, -0.15) is 0 Å². The number of amides is 1. The molecule has 5 heteroatoms. The first-order chi connectivity index (χ1) is 10.1. The molecule has 1 heterocycles. The molecule has 0 unspecified atom stereocenters. The van der Waals surface area contributed by atoms with Crippen molar-refractivity contribution in [3.05, 3.63) is 17.0 Å². The molecule has 0 spiro atoms. The molecule has 0 saturated heterocycles. The Morgan fingerprint density at radius 3 is 2.33 bits per heavy atom. The average Bonchev–Trinajstić information content (AvgIpc) is 2.77. The lowest BCUT2D eigenvalue weighted by Gasteiger charge is -2.56. The van der Waals surface area contributed by atoms with E-state index >= 15 is 0 Å². The minimum Gasteiger partial charge on any atom is -0.350 e. The predicted octanol–water partition coefficient (Wildman–Crippen LogP) is 2.49. The number of carbonyl (C=O) groups is 2. The summed E-state index contributed by atoms with van der Waals surface area (Å²) in [6, 6.07) is 0. The monoisotopic (exact) mass is 288 g/mol. The van der Waals surface area contributed by atoms with Gasteiger partial charge in [0.15, 0.2) is 6.29 Å². The molecule has 4 bridgehead atoms. The molecule has 21 heavy (non-hydrogen) atoms. The maximum absolute atomic E-state index is 12.5. The van der Waals surface area contributed by atoms with E-state index in [4.69, 9.17) is 4.52 Å². The maximum Gasteiger partial charge on any atom is 0.291 e. The van der Waals surface area contributed by atoms with Crippen molar-refractivity contribution in [1.82, 2.24) is 10.5 Å². The van der Waals surface area contributed by atoms with Gasteiger partial charge < -0.3 is 9.84 Å². The molecule has 0 aromatic carbocycles. The van der Waals surface area contributed by atoms with E-state index in [1.807, 2.05) is 0 Å². The number of hydrogen-bond acceptors (Lipinski definition) is 4. The van der Waals surface area contributed by atoms with Crippen LogP contribution in [0.3, 0.4) is 0 Å². The molecule has 1 amide bonds. The van der Waals surface area contributed by atoms with Crippen LogP contribution in [-0.2, 0) is 0 Å². The van der Waals surface area contributed by atoms with Crippen LogP contribution in [-0.4, -0.2) is 22.9 Å². The Balaban J connectivity index is 1.58. The van der Waals surface area contributed by atoms with Gasteiger partial charge in [-0.1, -0.05) is 5.16 Å². The molecule has 4 saturated carbocycles. The van der Waals surface area contributed by atoms with Crippen LogP contribution >= 0.6 is 0 Å². The minimum atomic E-state index is -0.278. The molecule has 0 radical (unpaired) electrons. The van der Waals surface area contributed by atoms with E-state index in [1.165, 1.54) is 19.3 Å². The summed E-state index contributed by atoms with van der Waals surface area (Å²) in [5, 5.41) is 6.93. The fraction of sp³-hybridized carbons (Fsp3) is 0.688. The van der Waals surface area contributed by atoms with Crippen LogP contribution < -0.4 is 5.32 Å². The quantitative estimate of drug-likeness (QED) is 0.867. The summed E-state index contributed by atoms with van der Waals surface area (Å²) in [6.07, 6.45) is 7.87. The third kappa shape index (κ3) is 2.01. The highest BCUT2D eigenvalue weighted by Crippen LogP contribution is 2.55. The number of nitrogens with zero attached hydrogens (tertiary/aromatic N) is 1. The fourth-order valence-electron chi connectivity index (χ4n) is 5.24. The summed E-state index contributed by atoms with van der Waals surface area (Å²) >= 11 is 0. The van der Waals surface area contributed by atoms with Crippen molar-refractivity contribution in [2.75, 3.05) is 0 Å². The maximum atomic E-state index is 12.5. The molecule has 0 aliphatic heterocycles. The van der Waals surface area contributed by atoms with E-state index in [-0.39, 0.29) is 22.8 Å². The third-order valence-corrected chi connectivity index (χ3v) is 5.65. The van der Waals surface area contributed by atoms with Crippen LogP contribution in [0.1, 0.15) is 65.1 Å². The topological polar surface area (TPSA) is 72.2 Å². The van der Waals surface area contributed by atoms with Gasteiger partial charge in [-0.05, 0) is 63.2 Å². The van der Waals surface area contributed by atoms with Crippen LogP contribution in [0.5, 0.6) is 0 Å². The highest BCUT2D eigenvalue weighted by atomic mass is 16.5. The summed E-state index contributed by atoms with van der Waals surface area (Å²) in [5.41, 5.74) is 0.671. The van der Waals surface area contributed by atoms with Crippen LogP contribution in [0.15, 0.2) is 4.52 Å². The molecule has 1 aromatic rings. The third-order valence-electron chi connectivity index (χ3n) is 5.65. The molecule has 4 fully saturated rings. The predicted molar refractivity (Wildman–Crippen MR) is 75.0 cm³/mol. The number of aldehydes is 1. The van der Waals surface area contributed by atoms with Crippen LogP contribution in [0.4, 0.5) is 0 Å². The molecule has 1 aromatic heterocycles. The molecule has 112 valence electrons. The zero-order chi connectivity index (χ0) is 14.6. The minimum absolute atomic E-state index is 0.0678. The van der Waals surface area contributed by atoms with E-state index in [1.54, 1.807) is 6.92 Å². The molecular formula is C16H20N2O3. The van der Waals surface area contributed by atoms with Gasteiger partial charge in [0.2, 0.25) is 5.76 Å². The number of nitrogens with one attached hydrogen (secondary N) is 1. The van der Waals surface area contributed by atoms with Crippen molar-refractivity contribution >= 4 is 12.2 Å². The zero-order valence-electron chi connectivity index (χ0n) is 12.2. The number of carbonyl (C=O) groups excluding carboxylic acids is 2. The lowest BCUT2D eigenvalue weighted by atomic mass is 9.53. The Bertz CT molecular complexity index is 569. The molecule has 4 aliphatic rings. The van der Waals surface area contributed by atoms with Gasteiger partial charge >= 0.3 is 0 Å². The van der Waals surface area contributed by atoms with Gasteiger partial charge in [0.1, 0.15) is 0 Å². The van der Waals surface area contributed by atoms with Crippen molar-refractivity contribution in [3.63, 3.8) is 0 Å². The fourth-order valence-corrected chi connectivity index (χ4v) is 5.24. The average molecular weight is 288 g/mol. The highest BCUT2D eigenvalue weighted by molar-refractivity contribution is 5.99. The van der Waals surface area contributed by atoms with Gasteiger partial charge in [0.25, 0.3) is 5.91 Å². The van der Waals surface area contributed by atoms with Gasteiger partial charge in [-0.15, -0.1) is 0 Å². The number of hydrogen-bond donors (Lipinski definition) is 1. The standard InChI is InChI=1S/C16H20N2O3/c1-9-13(8-19)14(21-18-9)15(20)17-16-5-10-2-11(6-16)4-12(3-10)7-16/h8,10-12H,2-7H2,1H3,(H,17,20). The van der Waals surface area contributed by atoms with Gasteiger partial charge in [-0.25, -0.2) is 0 Å². The van der Waals surface area contributed by atoms with E-state index in [0.717, 1.165) is 37.0 Å². The van der Waals surface area contributed by atoms with Crippen molar-refractivity contribution in [3.8, 4) is 0 Å². The Hall–Kier alpha value is -1.65. The number of rotatable bonds is 3. The van der Waals surface area contributed by atoms with Crippen molar-refractivity contribution in [2.24, 2.45) is 17.8 Å².